The fourth-order valence-corrected chi connectivity index (χ4v) is 5.23. The molecule has 0 saturated carbocycles. The molecule has 0 radical (unpaired) electrons. The number of fused-ring (bicyclic) bond motifs is 1. The van der Waals surface area contributed by atoms with Gasteiger partial charge in [-0.05, 0) is 38.5 Å². The minimum atomic E-state index is -0.736. The van der Waals surface area contributed by atoms with Gasteiger partial charge in [-0.3, -0.25) is 4.99 Å². The van der Waals surface area contributed by atoms with E-state index >= 15 is 0 Å². The van der Waals surface area contributed by atoms with Crippen molar-refractivity contribution in [1.82, 2.24) is 15.2 Å². The highest BCUT2D eigenvalue weighted by Gasteiger charge is 2.43. The van der Waals surface area contributed by atoms with Crippen LogP contribution < -0.4 is 5.32 Å². The minimum absolute atomic E-state index is 0.193. The van der Waals surface area contributed by atoms with Crippen molar-refractivity contribution in [3.05, 3.63) is 61.9 Å². The lowest BCUT2D eigenvalue weighted by Crippen LogP contribution is -2.40. The van der Waals surface area contributed by atoms with Crippen molar-refractivity contribution < 1.29 is 23.5 Å². The molecule has 11 heteroatoms. The number of amides is 1. The number of carbonyl (C=O) groups is 2. The molecule has 0 bridgehead atoms. The number of hydrogen-bond acceptors (Lipinski definition) is 8. The van der Waals surface area contributed by atoms with Crippen LogP contribution in [0.4, 0.5) is 9.18 Å². The van der Waals surface area contributed by atoms with Gasteiger partial charge in [0.2, 0.25) is 0 Å². The molecule has 1 aromatic heterocycles. The Bertz CT molecular complexity index is 1150. The quantitative estimate of drug-likeness (QED) is 0.529. The summed E-state index contributed by atoms with van der Waals surface area (Å²) >= 11 is 4.84. The fraction of sp³-hybridized carbons (Fsp3) is 0.391. The Morgan fingerprint density at radius 3 is 2.82 bits per heavy atom. The van der Waals surface area contributed by atoms with Crippen LogP contribution >= 0.6 is 27.3 Å². The highest BCUT2D eigenvalue weighted by atomic mass is 79.9. The summed E-state index contributed by atoms with van der Waals surface area (Å²) in [4.78, 5) is 36.7. The highest BCUT2D eigenvalue weighted by Crippen LogP contribution is 2.42. The number of benzene rings is 1. The number of esters is 1. The predicted octanol–water partition coefficient (Wildman–Crippen LogP) is 4.57. The van der Waals surface area contributed by atoms with Crippen LogP contribution in [0.5, 0.6) is 0 Å². The summed E-state index contributed by atoms with van der Waals surface area (Å²) < 4.78 is 24.9. The molecular formula is C23H24BrFN4O4S. The van der Waals surface area contributed by atoms with Crippen molar-refractivity contribution in [1.29, 1.82) is 0 Å². The van der Waals surface area contributed by atoms with Crippen molar-refractivity contribution in [2.45, 2.75) is 45.4 Å². The molecule has 2 aliphatic rings. The van der Waals surface area contributed by atoms with Crippen molar-refractivity contribution in [3.63, 3.8) is 0 Å². The first kappa shape index (κ1) is 24.3. The Morgan fingerprint density at radius 1 is 1.38 bits per heavy atom. The average molecular weight is 551 g/mol. The van der Waals surface area contributed by atoms with Crippen LogP contribution in [0.2, 0.25) is 0 Å². The second-order valence-electron chi connectivity index (χ2n) is 8.05. The van der Waals surface area contributed by atoms with Crippen LogP contribution in [0.1, 0.15) is 43.8 Å². The molecule has 1 unspecified atom stereocenters. The van der Waals surface area contributed by atoms with Gasteiger partial charge in [0.1, 0.15) is 11.9 Å². The Labute approximate surface area is 209 Å². The number of nitrogens with one attached hydrogen (secondary N) is 1. The molecule has 1 amide bonds. The molecule has 180 valence electrons. The van der Waals surface area contributed by atoms with Crippen molar-refractivity contribution in [2.75, 3.05) is 13.2 Å². The number of nitrogens with zero attached hydrogens (tertiary/aromatic N) is 3. The van der Waals surface area contributed by atoms with Gasteiger partial charge in [0.25, 0.3) is 0 Å². The summed E-state index contributed by atoms with van der Waals surface area (Å²) in [5.41, 5.74) is 1.67. The number of aliphatic imine (C=N–C) groups is 1. The van der Waals surface area contributed by atoms with Gasteiger partial charge < -0.3 is 19.7 Å². The van der Waals surface area contributed by atoms with Gasteiger partial charge in [-0.2, -0.15) is 0 Å². The molecule has 2 aromatic rings. The van der Waals surface area contributed by atoms with E-state index in [-0.39, 0.29) is 18.8 Å². The molecule has 34 heavy (non-hydrogen) atoms. The molecule has 1 saturated heterocycles. The first-order valence-corrected chi connectivity index (χ1v) is 12.5. The topological polar surface area (TPSA) is 93.1 Å². The molecular weight excluding hydrogens is 527 g/mol. The van der Waals surface area contributed by atoms with Crippen LogP contribution in [-0.2, 0) is 14.3 Å². The lowest BCUT2D eigenvalue weighted by Gasteiger charge is -2.31. The predicted molar refractivity (Wildman–Crippen MR) is 129 cm³/mol. The van der Waals surface area contributed by atoms with Gasteiger partial charge in [0.15, 0.2) is 10.8 Å². The van der Waals surface area contributed by atoms with Crippen LogP contribution in [0.15, 0.2) is 50.5 Å². The average Bonchev–Trinajstić information content (AvgIpc) is 3.42. The van der Waals surface area contributed by atoms with Crippen LogP contribution in [0.3, 0.4) is 0 Å². The zero-order chi connectivity index (χ0) is 24.4. The van der Waals surface area contributed by atoms with Crippen LogP contribution in [0, 0.1) is 5.82 Å². The molecule has 4 rings (SSSR count). The van der Waals surface area contributed by atoms with E-state index in [4.69, 9.17) is 14.5 Å². The first-order valence-electron chi connectivity index (χ1n) is 10.9. The normalized spacial score (nSPS) is 19.7. The molecule has 2 atom stereocenters. The number of ether oxygens (including phenoxy) is 2. The fourth-order valence-electron chi connectivity index (χ4n) is 4.03. The van der Waals surface area contributed by atoms with Crippen molar-refractivity contribution in [3.8, 4) is 0 Å². The second kappa shape index (κ2) is 10.2. The summed E-state index contributed by atoms with van der Waals surface area (Å²) in [6.07, 6.45) is 1.28. The molecule has 1 aromatic carbocycles. The van der Waals surface area contributed by atoms with Gasteiger partial charge in [0, 0.05) is 34.7 Å². The Kier molecular flexibility index (Phi) is 7.32. The minimum Gasteiger partial charge on any atom is -0.463 e. The van der Waals surface area contributed by atoms with E-state index in [1.54, 1.807) is 33.0 Å². The maximum Gasteiger partial charge on any atom is 0.407 e. The van der Waals surface area contributed by atoms with Crippen molar-refractivity contribution in [2.24, 2.45) is 4.99 Å². The van der Waals surface area contributed by atoms with E-state index in [9.17, 15) is 14.0 Å². The lowest BCUT2D eigenvalue weighted by molar-refractivity contribution is -0.139. The summed E-state index contributed by atoms with van der Waals surface area (Å²) in [7, 11) is 0. The number of carbonyl (C=O) groups excluding carboxylic acids is 2. The third kappa shape index (κ3) is 5.00. The zero-order valence-corrected chi connectivity index (χ0v) is 21.3. The summed E-state index contributed by atoms with van der Waals surface area (Å²) in [6, 6.07) is 3.23. The van der Waals surface area contributed by atoms with Gasteiger partial charge in [-0.25, -0.2) is 19.0 Å². The van der Waals surface area contributed by atoms with Gasteiger partial charge in [-0.15, -0.1) is 11.3 Å². The molecule has 1 fully saturated rings. The number of thiazole rings is 1. The van der Waals surface area contributed by atoms with E-state index in [1.807, 2.05) is 10.3 Å². The van der Waals surface area contributed by atoms with E-state index in [2.05, 4.69) is 26.2 Å². The van der Waals surface area contributed by atoms with E-state index in [1.165, 1.54) is 23.5 Å². The second-order valence-corrected chi connectivity index (χ2v) is 9.80. The van der Waals surface area contributed by atoms with Gasteiger partial charge >= 0.3 is 12.1 Å². The standard InChI is InChI=1S/C23H24BrFN4O4S/c1-4-32-22(30)18-17-10-14(27-23(31)33-12(2)3)11-29(17)20(21-26-7-8-34-21)28-19(18)15-6-5-13(25)9-16(15)24/h5-9,12,14,19H,4,10-11H2,1-3H3,(H,27,31)/t14?,19-/m0/s1. The Morgan fingerprint density at radius 2 is 2.18 bits per heavy atom. The summed E-state index contributed by atoms with van der Waals surface area (Å²) in [5.74, 6) is -0.326. The largest absolute Gasteiger partial charge is 0.463 e. The number of rotatable bonds is 6. The zero-order valence-electron chi connectivity index (χ0n) is 18.9. The number of alkyl carbamates (subject to hydrolysis) is 1. The maximum atomic E-state index is 13.8. The molecule has 0 aliphatic carbocycles. The van der Waals surface area contributed by atoms with Crippen LogP contribution in [-0.4, -0.2) is 53.1 Å². The van der Waals surface area contributed by atoms with Crippen molar-refractivity contribution >= 4 is 45.2 Å². The third-order valence-electron chi connectivity index (χ3n) is 5.30. The Hall–Kier alpha value is -2.79. The maximum absolute atomic E-state index is 13.8. The number of hydrogen-bond donors (Lipinski definition) is 1. The molecule has 8 nitrogen and oxygen atoms in total. The molecule has 2 aliphatic heterocycles. The molecule has 0 spiro atoms. The highest BCUT2D eigenvalue weighted by molar-refractivity contribution is 9.10. The van der Waals surface area contributed by atoms with Gasteiger partial charge in [-0.1, -0.05) is 22.0 Å². The lowest BCUT2D eigenvalue weighted by atomic mass is 9.94. The molecule has 1 N–H and O–H groups in total. The number of halogens is 2. The van der Waals surface area contributed by atoms with Gasteiger partial charge in [0.05, 0.1) is 24.3 Å². The summed E-state index contributed by atoms with van der Waals surface area (Å²) in [5, 5.41) is 5.40. The summed E-state index contributed by atoms with van der Waals surface area (Å²) in [6.45, 7) is 5.87. The smallest absolute Gasteiger partial charge is 0.407 e. The van der Waals surface area contributed by atoms with E-state index < -0.39 is 23.9 Å². The monoisotopic (exact) mass is 550 g/mol. The Balaban J connectivity index is 1.81. The molecule has 3 heterocycles. The van der Waals surface area contributed by atoms with Crippen LogP contribution in [0.25, 0.3) is 0 Å². The first-order chi connectivity index (χ1) is 16.3. The third-order valence-corrected chi connectivity index (χ3v) is 6.76. The number of aromatic nitrogens is 1. The SMILES string of the molecule is CCOC(=O)C1=C2CC(NC(=O)OC(C)C)CN2C(c2nccs2)=N[C@H]1c1ccc(F)cc1Br. The van der Waals surface area contributed by atoms with E-state index in [0.717, 1.165) is 0 Å². The number of amidine groups is 1. The van der Waals surface area contributed by atoms with E-state index in [0.29, 0.717) is 45.1 Å².